The number of fused-ring (bicyclic) bond motifs is 1. The van der Waals surface area contributed by atoms with Gasteiger partial charge in [-0.2, -0.15) is 0 Å². The Morgan fingerprint density at radius 2 is 2.17 bits per heavy atom. The van der Waals surface area contributed by atoms with Crippen LogP contribution in [0.1, 0.15) is 31.7 Å². The highest BCUT2D eigenvalue weighted by Gasteiger charge is 2.17. The monoisotopic (exact) mass is 259 g/mol. The lowest BCUT2D eigenvalue weighted by Crippen LogP contribution is -2.38. The van der Waals surface area contributed by atoms with Crippen molar-refractivity contribution in [2.45, 2.75) is 38.6 Å². The molecule has 1 saturated carbocycles. The van der Waals surface area contributed by atoms with Crippen molar-refractivity contribution in [3.05, 3.63) is 35.2 Å². The lowest BCUT2D eigenvalue weighted by atomic mass is 9.92. The summed E-state index contributed by atoms with van der Waals surface area (Å²) in [5.41, 5.74) is 1.53. The molecule has 0 bridgehead atoms. The van der Waals surface area contributed by atoms with Crippen molar-refractivity contribution in [2.75, 3.05) is 6.54 Å². The Kier molecular flexibility index (Phi) is 3.67. The number of thiophene rings is 1. The largest absolute Gasteiger partial charge is 0.314 e. The highest BCUT2D eigenvalue weighted by molar-refractivity contribution is 7.17. The van der Waals surface area contributed by atoms with Crippen LogP contribution in [0.5, 0.6) is 0 Å². The normalized spacial score (nSPS) is 17.8. The fraction of sp³-hybridized carbons (Fsp3) is 0.500. The minimum Gasteiger partial charge on any atom is -0.314 e. The van der Waals surface area contributed by atoms with Gasteiger partial charge in [0.15, 0.2) is 0 Å². The first-order chi connectivity index (χ1) is 8.83. The summed E-state index contributed by atoms with van der Waals surface area (Å²) in [6.45, 7) is 3.52. The van der Waals surface area contributed by atoms with Crippen molar-refractivity contribution >= 4 is 21.4 Å². The third-order valence-corrected chi connectivity index (χ3v) is 5.00. The molecule has 0 aliphatic heterocycles. The zero-order chi connectivity index (χ0) is 12.4. The van der Waals surface area contributed by atoms with Gasteiger partial charge in [0.1, 0.15) is 0 Å². The van der Waals surface area contributed by atoms with E-state index >= 15 is 0 Å². The van der Waals surface area contributed by atoms with Gasteiger partial charge in [-0.1, -0.05) is 31.5 Å². The average molecular weight is 259 g/mol. The summed E-state index contributed by atoms with van der Waals surface area (Å²) in [5.74, 6) is 0.726. The first kappa shape index (κ1) is 12.2. The number of nitrogens with one attached hydrogen (secondary N) is 1. The van der Waals surface area contributed by atoms with Crippen LogP contribution in [0.15, 0.2) is 29.6 Å². The summed E-state index contributed by atoms with van der Waals surface area (Å²) in [7, 11) is 0. The molecule has 0 radical (unpaired) electrons. The van der Waals surface area contributed by atoms with E-state index in [0.29, 0.717) is 0 Å². The average Bonchev–Trinajstić information content (AvgIpc) is 2.71. The zero-order valence-electron chi connectivity index (χ0n) is 11.0. The van der Waals surface area contributed by atoms with E-state index in [0.717, 1.165) is 18.5 Å². The molecule has 96 valence electrons. The van der Waals surface area contributed by atoms with Crippen molar-refractivity contribution < 1.29 is 0 Å². The van der Waals surface area contributed by atoms with Crippen molar-refractivity contribution in [1.29, 1.82) is 0 Å². The van der Waals surface area contributed by atoms with Crippen LogP contribution in [0, 0.1) is 5.92 Å². The second kappa shape index (κ2) is 5.41. The van der Waals surface area contributed by atoms with Crippen LogP contribution < -0.4 is 5.32 Å². The fourth-order valence-electron chi connectivity index (χ4n) is 2.62. The molecule has 1 aliphatic carbocycles. The molecule has 1 unspecified atom stereocenters. The first-order valence-corrected chi connectivity index (χ1v) is 7.89. The number of hydrogen-bond acceptors (Lipinski definition) is 2. The summed E-state index contributed by atoms with van der Waals surface area (Å²) in [6.07, 6.45) is 5.38. The standard InChI is InChI=1S/C16H21NS/c1-12(10-17-14-5-4-6-14)9-13-11-18-16-8-3-2-7-15(13)16/h2-3,7-8,11-12,14,17H,4-6,9-10H2,1H3. The Labute approximate surface area is 113 Å². The van der Waals surface area contributed by atoms with Gasteiger partial charge in [0.25, 0.3) is 0 Å². The Morgan fingerprint density at radius 1 is 1.33 bits per heavy atom. The predicted octanol–water partition coefficient (Wildman–Crippen LogP) is 4.22. The van der Waals surface area contributed by atoms with E-state index in [2.05, 4.69) is 41.9 Å². The minimum atomic E-state index is 0.726. The molecule has 0 amide bonds. The van der Waals surface area contributed by atoms with Crippen molar-refractivity contribution in [3.8, 4) is 0 Å². The maximum Gasteiger partial charge on any atom is 0.0345 e. The second-order valence-electron chi connectivity index (χ2n) is 5.60. The predicted molar refractivity (Wildman–Crippen MR) is 80.3 cm³/mol. The van der Waals surface area contributed by atoms with Gasteiger partial charge < -0.3 is 5.32 Å². The van der Waals surface area contributed by atoms with Crippen molar-refractivity contribution in [2.24, 2.45) is 5.92 Å². The van der Waals surface area contributed by atoms with Gasteiger partial charge >= 0.3 is 0 Å². The second-order valence-corrected chi connectivity index (χ2v) is 6.51. The molecular formula is C16H21NS. The molecule has 0 spiro atoms. The summed E-state index contributed by atoms with van der Waals surface area (Å²) in [5, 5.41) is 7.48. The summed E-state index contributed by atoms with van der Waals surface area (Å²) in [4.78, 5) is 0. The van der Waals surface area contributed by atoms with E-state index in [4.69, 9.17) is 0 Å². The topological polar surface area (TPSA) is 12.0 Å². The molecule has 1 fully saturated rings. The Hall–Kier alpha value is -0.860. The third-order valence-electron chi connectivity index (χ3n) is 3.99. The molecule has 1 nitrogen and oxygen atoms in total. The fourth-order valence-corrected chi connectivity index (χ4v) is 3.59. The van der Waals surface area contributed by atoms with Gasteiger partial charge in [-0.15, -0.1) is 11.3 Å². The van der Waals surface area contributed by atoms with Gasteiger partial charge in [0.2, 0.25) is 0 Å². The molecule has 1 aromatic heterocycles. The van der Waals surface area contributed by atoms with Crippen LogP contribution in [0.2, 0.25) is 0 Å². The number of hydrogen-bond donors (Lipinski definition) is 1. The maximum atomic E-state index is 3.68. The number of benzene rings is 1. The zero-order valence-corrected chi connectivity index (χ0v) is 11.8. The van der Waals surface area contributed by atoms with Crippen molar-refractivity contribution in [1.82, 2.24) is 5.32 Å². The van der Waals surface area contributed by atoms with Crippen LogP contribution in [0.3, 0.4) is 0 Å². The van der Waals surface area contributed by atoms with Crippen molar-refractivity contribution in [3.63, 3.8) is 0 Å². The Bertz CT molecular complexity index is 513. The van der Waals surface area contributed by atoms with Crippen LogP contribution in [-0.4, -0.2) is 12.6 Å². The molecule has 1 aliphatic rings. The molecule has 1 atom stereocenters. The Balaban J connectivity index is 1.60. The molecule has 18 heavy (non-hydrogen) atoms. The van der Waals surface area contributed by atoms with Gasteiger partial charge in [-0.05, 0) is 54.1 Å². The molecule has 2 heteroatoms. The maximum absolute atomic E-state index is 3.68. The number of rotatable bonds is 5. The molecule has 2 aromatic rings. The van der Waals surface area contributed by atoms with Gasteiger partial charge in [0.05, 0.1) is 0 Å². The highest BCUT2D eigenvalue weighted by atomic mass is 32.1. The molecule has 1 aromatic carbocycles. The molecule has 0 saturated heterocycles. The highest BCUT2D eigenvalue weighted by Crippen LogP contribution is 2.27. The Morgan fingerprint density at radius 3 is 2.94 bits per heavy atom. The molecule has 1 N–H and O–H groups in total. The van der Waals surface area contributed by atoms with Gasteiger partial charge in [-0.3, -0.25) is 0 Å². The van der Waals surface area contributed by atoms with E-state index < -0.39 is 0 Å². The van der Waals surface area contributed by atoms with Gasteiger partial charge in [0, 0.05) is 10.7 Å². The molecular weight excluding hydrogens is 238 g/mol. The lowest BCUT2D eigenvalue weighted by Gasteiger charge is -2.28. The van der Waals surface area contributed by atoms with Crippen LogP contribution in [0.4, 0.5) is 0 Å². The third kappa shape index (κ3) is 2.60. The SMILES string of the molecule is CC(CNC1CCC1)Cc1csc2ccccc12. The van der Waals surface area contributed by atoms with E-state index in [1.165, 1.54) is 41.3 Å². The first-order valence-electron chi connectivity index (χ1n) is 7.01. The van der Waals surface area contributed by atoms with Crippen LogP contribution >= 0.6 is 11.3 Å². The van der Waals surface area contributed by atoms with E-state index in [1.54, 1.807) is 0 Å². The molecule has 3 rings (SSSR count). The minimum absolute atomic E-state index is 0.726. The molecule has 1 heterocycles. The van der Waals surface area contributed by atoms with E-state index in [-0.39, 0.29) is 0 Å². The summed E-state index contributed by atoms with van der Waals surface area (Å²) in [6, 6.07) is 9.57. The quantitative estimate of drug-likeness (QED) is 0.847. The van der Waals surface area contributed by atoms with E-state index in [1.807, 2.05) is 11.3 Å². The summed E-state index contributed by atoms with van der Waals surface area (Å²) < 4.78 is 1.42. The summed E-state index contributed by atoms with van der Waals surface area (Å²) >= 11 is 1.88. The smallest absolute Gasteiger partial charge is 0.0345 e. The van der Waals surface area contributed by atoms with Crippen LogP contribution in [0.25, 0.3) is 10.1 Å². The van der Waals surface area contributed by atoms with Gasteiger partial charge in [-0.25, -0.2) is 0 Å². The van der Waals surface area contributed by atoms with Crippen LogP contribution in [-0.2, 0) is 6.42 Å². The van der Waals surface area contributed by atoms with E-state index in [9.17, 15) is 0 Å². The lowest BCUT2D eigenvalue weighted by molar-refractivity contribution is 0.321.